The Labute approximate surface area is 210 Å². The first-order valence-electron chi connectivity index (χ1n) is 11.5. The van der Waals surface area contributed by atoms with Crippen LogP contribution in [-0.2, 0) is 0 Å². The average Bonchev–Trinajstić information content (AvgIpc) is 2.91. The largest absolute Gasteiger partial charge is 0.271 e. The van der Waals surface area contributed by atoms with Crippen molar-refractivity contribution in [1.29, 1.82) is 0 Å². The Kier molecular flexibility index (Phi) is 7.78. The second kappa shape index (κ2) is 11.5. The number of aryl methyl sites for hydroxylation is 2. The molecule has 0 bridgehead atoms. The molecular formula is C30H26N4O2. The van der Waals surface area contributed by atoms with Crippen molar-refractivity contribution in [2.45, 2.75) is 13.8 Å². The third-order valence-electron chi connectivity index (χ3n) is 5.74. The van der Waals surface area contributed by atoms with Gasteiger partial charge in [-0.05, 0) is 71.5 Å². The van der Waals surface area contributed by atoms with Crippen molar-refractivity contribution in [2.24, 2.45) is 10.2 Å². The summed E-state index contributed by atoms with van der Waals surface area (Å²) in [6, 6.07) is 30.0. The molecule has 36 heavy (non-hydrogen) atoms. The van der Waals surface area contributed by atoms with E-state index in [9.17, 15) is 9.59 Å². The van der Waals surface area contributed by atoms with Gasteiger partial charge in [0.25, 0.3) is 11.8 Å². The van der Waals surface area contributed by atoms with Crippen molar-refractivity contribution < 1.29 is 9.59 Å². The van der Waals surface area contributed by atoms with E-state index in [-0.39, 0.29) is 11.8 Å². The smallest absolute Gasteiger partial charge is 0.267 e. The zero-order valence-corrected chi connectivity index (χ0v) is 20.1. The van der Waals surface area contributed by atoms with Gasteiger partial charge in [-0.15, -0.1) is 0 Å². The molecule has 4 aromatic carbocycles. The molecule has 0 atom stereocenters. The van der Waals surface area contributed by atoms with Crippen LogP contribution in [0.2, 0.25) is 0 Å². The molecule has 0 saturated heterocycles. The maximum absolute atomic E-state index is 12.4. The fourth-order valence-electron chi connectivity index (χ4n) is 3.54. The van der Waals surface area contributed by atoms with Crippen LogP contribution in [0.25, 0.3) is 11.1 Å². The molecule has 6 nitrogen and oxygen atoms in total. The van der Waals surface area contributed by atoms with Gasteiger partial charge < -0.3 is 0 Å². The van der Waals surface area contributed by atoms with Gasteiger partial charge in [-0.25, -0.2) is 10.9 Å². The highest BCUT2D eigenvalue weighted by Crippen LogP contribution is 2.20. The average molecular weight is 475 g/mol. The van der Waals surface area contributed by atoms with Gasteiger partial charge in [0, 0.05) is 11.1 Å². The Morgan fingerprint density at radius 3 is 1.28 bits per heavy atom. The van der Waals surface area contributed by atoms with E-state index in [0.717, 1.165) is 33.4 Å². The highest BCUT2D eigenvalue weighted by molar-refractivity contribution is 5.96. The standard InChI is InChI=1S/C30H26N4O2/c1-21-7-3-5-9-27(21)19-31-33-29(35)25-15-11-23(12-16-25)24-13-17-26(18-14-24)30(36)34-32-20-28-10-6-4-8-22(28)2/h3-20H,1-2H3,(H,33,35)(H,34,36)/b31-19+,32-20+. The van der Waals surface area contributed by atoms with E-state index in [1.54, 1.807) is 36.7 Å². The van der Waals surface area contributed by atoms with E-state index >= 15 is 0 Å². The van der Waals surface area contributed by atoms with Gasteiger partial charge in [0.1, 0.15) is 0 Å². The van der Waals surface area contributed by atoms with Gasteiger partial charge in [0.2, 0.25) is 0 Å². The summed E-state index contributed by atoms with van der Waals surface area (Å²) in [7, 11) is 0. The molecule has 0 aliphatic rings. The molecule has 0 aliphatic carbocycles. The molecule has 2 N–H and O–H groups in total. The molecule has 0 saturated carbocycles. The number of rotatable bonds is 7. The van der Waals surface area contributed by atoms with Crippen molar-refractivity contribution in [1.82, 2.24) is 10.9 Å². The van der Waals surface area contributed by atoms with Gasteiger partial charge >= 0.3 is 0 Å². The SMILES string of the molecule is Cc1ccccc1/C=N/NC(=O)c1ccc(-c2ccc(C(=O)N/N=C/c3ccccc3C)cc2)cc1. The lowest BCUT2D eigenvalue weighted by molar-refractivity contribution is 0.0947. The lowest BCUT2D eigenvalue weighted by Gasteiger charge is -2.06. The van der Waals surface area contributed by atoms with E-state index in [0.29, 0.717) is 11.1 Å². The number of amides is 2. The molecule has 0 heterocycles. The molecule has 0 radical (unpaired) electrons. The molecule has 178 valence electrons. The van der Waals surface area contributed by atoms with Crippen LogP contribution in [0.1, 0.15) is 43.0 Å². The minimum absolute atomic E-state index is 0.287. The van der Waals surface area contributed by atoms with Crippen molar-refractivity contribution in [3.8, 4) is 11.1 Å². The molecule has 6 heteroatoms. The van der Waals surface area contributed by atoms with E-state index < -0.39 is 0 Å². The zero-order valence-electron chi connectivity index (χ0n) is 20.1. The first kappa shape index (κ1) is 24.3. The van der Waals surface area contributed by atoms with Gasteiger partial charge in [-0.3, -0.25) is 9.59 Å². The maximum atomic E-state index is 12.4. The van der Waals surface area contributed by atoms with Gasteiger partial charge in [0.05, 0.1) is 12.4 Å². The topological polar surface area (TPSA) is 82.9 Å². The normalized spacial score (nSPS) is 11.1. The molecule has 0 unspecified atom stereocenters. The lowest BCUT2D eigenvalue weighted by atomic mass is 10.0. The quantitative estimate of drug-likeness (QED) is 0.274. The summed E-state index contributed by atoms with van der Waals surface area (Å²) in [5.74, 6) is -0.575. The molecule has 0 aromatic heterocycles. The fourth-order valence-corrected chi connectivity index (χ4v) is 3.54. The Morgan fingerprint density at radius 1 is 0.556 bits per heavy atom. The monoisotopic (exact) mass is 474 g/mol. The predicted octanol–water partition coefficient (Wildman–Crippen LogP) is 5.50. The van der Waals surface area contributed by atoms with Crippen molar-refractivity contribution in [3.05, 3.63) is 130 Å². The molecule has 0 fully saturated rings. The number of benzene rings is 4. The molecule has 0 spiro atoms. The van der Waals surface area contributed by atoms with Gasteiger partial charge in [-0.1, -0.05) is 72.8 Å². The van der Waals surface area contributed by atoms with Crippen LogP contribution < -0.4 is 10.9 Å². The summed E-state index contributed by atoms with van der Waals surface area (Å²) < 4.78 is 0. The highest BCUT2D eigenvalue weighted by Gasteiger charge is 2.07. The van der Waals surface area contributed by atoms with Crippen LogP contribution >= 0.6 is 0 Å². The Bertz CT molecular complexity index is 1310. The zero-order chi connectivity index (χ0) is 25.3. The van der Waals surface area contributed by atoms with Crippen LogP contribution in [0, 0.1) is 13.8 Å². The van der Waals surface area contributed by atoms with Crippen LogP contribution in [0.4, 0.5) is 0 Å². The second-order valence-electron chi connectivity index (χ2n) is 8.27. The molecule has 4 rings (SSSR count). The summed E-state index contributed by atoms with van der Waals surface area (Å²) in [5, 5.41) is 8.11. The highest BCUT2D eigenvalue weighted by atomic mass is 16.2. The number of carbonyl (C=O) groups is 2. The van der Waals surface area contributed by atoms with Gasteiger partial charge in [-0.2, -0.15) is 10.2 Å². The van der Waals surface area contributed by atoms with E-state index in [1.807, 2.05) is 86.6 Å². The first-order chi connectivity index (χ1) is 17.5. The fraction of sp³-hybridized carbons (Fsp3) is 0.0667. The Morgan fingerprint density at radius 2 is 0.917 bits per heavy atom. The number of nitrogens with one attached hydrogen (secondary N) is 2. The van der Waals surface area contributed by atoms with E-state index in [1.165, 1.54) is 0 Å². The van der Waals surface area contributed by atoms with E-state index in [2.05, 4.69) is 21.1 Å². The first-order valence-corrected chi connectivity index (χ1v) is 11.5. The summed E-state index contributed by atoms with van der Waals surface area (Å²) in [5.41, 5.74) is 12.0. The summed E-state index contributed by atoms with van der Waals surface area (Å²) >= 11 is 0. The van der Waals surface area contributed by atoms with Crippen LogP contribution in [-0.4, -0.2) is 24.2 Å². The number of hydrazone groups is 2. The summed E-state index contributed by atoms with van der Waals surface area (Å²) in [4.78, 5) is 24.8. The summed E-state index contributed by atoms with van der Waals surface area (Å²) in [6.45, 7) is 3.98. The van der Waals surface area contributed by atoms with Crippen LogP contribution in [0.5, 0.6) is 0 Å². The minimum atomic E-state index is -0.287. The number of hydrogen-bond donors (Lipinski definition) is 2. The second-order valence-corrected chi connectivity index (χ2v) is 8.27. The van der Waals surface area contributed by atoms with E-state index in [4.69, 9.17) is 0 Å². The number of carbonyl (C=O) groups excluding carboxylic acids is 2. The van der Waals surface area contributed by atoms with Crippen LogP contribution in [0.3, 0.4) is 0 Å². The van der Waals surface area contributed by atoms with Gasteiger partial charge in [0.15, 0.2) is 0 Å². The number of nitrogens with zero attached hydrogens (tertiary/aromatic N) is 2. The third kappa shape index (κ3) is 6.18. The molecular weight excluding hydrogens is 448 g/mol. The molecule has 2 amide bonds. The molecule has 4 aromatic rings. The van der Waals surface area contributed by atoms with Crippen molar-refractivity contribution in [3.63, 3.8) is 0 Å². The predicted molar refractivity (Wildman–Crippen MR) is 144 cm³/mol. The van der Waals surface area contributed by atoms with Crippen molar-refractivity contribution in [2.75, 3.05) is 0 Å². The summed E-state index contributed by atoms with van der Waals surface area (Å²) in [6.07, 6.45) is 3.26. The maximum Gasteiger partial charge on any atom is 0.271 e. The lowest BCUT2D eigenvalue weighted by Crippen LogP contribution is -2.17. The third-order valence-corrected chi connectivity index (χ3v) is 5.74. The Balaban J connectivity index is 1.34. The Hall–Kier alpha value is -4.84. The number of hydrogen-bond acceptors (Lipinski definition) is 4. The minimum Gasteiger partial charge on any atom is -0.267 e. The molecule has 0 aliphatic heterocycles. The van der Waals surface area contributed by atoms with Crippen LogP contribution in [0.15, 0.2) is 107 Å². The van der Waals surface area contributed by atoms with Crippen molar-refractivity contribution >= 4 is 24.2 Å².